The van der Waals surface area contributed by atoms with E-state index < -0.39 is 0 Å². The van der Waals surface area contributed by atoms with Gasteiger partial charge in [0.05, 0.1) is 5.56 Å². The molecule has 1 heterocycles. The number of nitrogens with zero attached hydrogens (tertiary/aromatic N) is 1. The van der Waals surface area contributed by atoms with Crippen LogP contribution in [0.1, 0.15) is 5.56 Å². The number of aryl methyl sites for hydroxylation is 2. The molecule has 0 N–H and O–H groups in total. The molecule has 0 atom stereocenters. The molecule has 0 fully saturated rings. The van der Waals surface area contributed by atoms with Gasteiger partial charge in [0.1, 0.15) is 7.05 Å². The number of para-hydroxylation sites is 1. The van der Waals surface area contributed by atoms with Gasteiger partial charge in [0, 0.05) is 21.5 Å². The van der Waals surface area contributed by atoms with E-state index in [1.165, 1.54) is 27.7 Å². The fraction of sp³-hybridized carbons (Fsp3) is 0.118. The van der Waals surface area contributed by atoms with Crippen molar-refractivity contribution in [2.45, 2.75) is 6.92 Å². The van der Waals surface area contributed by atoms with Crippen LogP contribution >= 0.6 is 15.9 Å². The minimum absolute atomic E-state index is 0. The molecule has 102 valence electrons. The maximum absolute atomic E-state index is 3.65. The van der Waals surface area contributed by atoms with Gasteiger partial charge in [-0.2, -0.15) is 4.57 Å². The molecule has 0 aliphatic rings. The first-order valence-corrected chi connectivity index (χ1v) is 7.11. The highest BCUT2D eigenvalue weighted by molar-refractivity contribution is 9.10. The first kappa shape index (κ1) is 15.4. The van der Waals surface area contributed by atoms with Crippen LogP contribution < -0.4 is 28.5 Å². The van der Waals surface area contributed by atoms with E-state index in [4.69, 9.17) is 0 Å². The highest BCUT2D eigenvalue weighted by atomic mass is 127. The van der Waals surface area contributed by atoms with Crippen LogP contribution in [0.25, 0.3) is 22.2 Å². The summed E-state index contributed by atoms with van der Waals surface area (Å²) in [5.74, 6) is 0. The number of pyridine rings is 1. The van der Waals surface area contributed by atoms with Gasteiger partial charge in [-0.1, -0.05) is 24.3 Å². The molecule has 0 saturated carbocycles. The predicted octanol–water partition coefficient (Wildman–Crippen LogP) is 1.41. The molecule has 2 aromatic carbocycles. The zero-order valence-electron chi connectivity index (χ0n) is 11.4. The first-order valence-electron chi connectivity index (χ1n) is 6.32. The lowest BCUT2D eigenvalue weighted by Gasteiger charge is -2.08. The van der Waals surface area contributed by atoms with Crippen LogP contribution in [0.15, 0.2) is 59.1 Å². The average Bonchev–Trinajstić information content (AvgIpc) is 2.41. The molecule has 20 heavy (non-hydrogen) atoms. The Balaban J connectivity index is 0.00000147. The van der Waals surface area contributed by atoms with E-state index in [1.807, 2.05) is 6.07 Å². The fourth-order valence-electron chi connectivity index (χ4n) is 2.65. The molecule has 1 nitrogen and oxygen atoms in total. The highest BCUT2D eigenvalue weighted by Gasteiger charge is 2.18. The van der Waals surface area contributed by atoms with Gasteiger partial charge in [0.25, 0.3) is 0 Å². The van der Waals surface area contributed by atoms with Gasteiger partial charge in [0.2, 0.25) is 11.2 Å². The molecular formula is C17H15BrIN. The maximum atomic E-state index is 3.65. The molecule has 0 unspecified atom stereocenters. The lowest BCUT2D eigenvalue weighted by Crippen LogP contribution is -3.00. The number of halogens is 2. The third-order valence-electron chi connectivity index (χ3n) is 3.51. The minimum atomic E-state index is 0. The topological polar surface area (TPSA) is 3.88 Å². The number of hydrogen-bond acceptors (Lipinski definition) is 0. The molecule has 0 aliphatic carbocycles. The third kappa shape index (κ3) is 2.61. The SMILES string of the molecule is Cc1cc2ccccc2[n+](C)c1-c1ccccc1Br.[I-]. The van der Waals surface area contributed by atoms with Gasteiger partial charge in [-0.3, -0.25) is 0 Å². The van der Waals surface area contributed by atoms with Gasteiger partial charge in [-0.05, 0) is 47.1 Å². The minimum Gasteiger partial charge on any atom is -1.00 e. The van der Waals surface area contributed by atoms with E-state index in [1.54, 1.807) is 0 Å². The summed E-state index contributed by atoms with van der Waals surface area (Å²) in [7, 11) is 2.13. The summed E-state index contributed by atoms with van der Waals surface area (Å²) in [5, 5.41) is 1.28. The van der Waals surface area contributed by atoms with E-state index in [-0.39, 0.29) is 24.0 Å². The molecule has 3 heteroatoms. The fourth-order valence-corrected chi connectivity index (χ4v) is 3.12. The number of benzene rings is 2. The van der Waals surface area contributed by atoms with Crippen LogP contribution in [-0.4, -0.2) is 0 Å². The van der Waals surface area contributed by atoms with Gasteiger partial charge in [0.15, 0.2) is 0 Å². The van der Waals surface area contributed by atoms with E-state index in [0.717, 1.165) is 4.47 Å². The number of hydrogen-bond donors (Lipinski definition) is 0. The van der Waals surface area contributed by atoms with Crippen LogP contribution in [0.2, 0.25) is 0 Å². The molecule has 0 spiro atoms. The van der Waals surface area contributed by atoms with Crippen molar-refractivity contribution < 1.29 is 28.5 Å². The highest BCUT2D eigenvalue weighted by Crippen LogP contribution is 2.29. The summed E-state index contributed by atoms with van der Waals surface area (Å²) in [6.45, 7) is 2.17. The van der Waals surface area contributed by atoms with Crippen molar-refractivity contribution in [1.82, 2.24) is 0 Å². The Morgan fingerprint density at radius 2 is 1.60 bits per heavy atom. The second-order valence-corrected chi connectivity index (χ2v) is 5.63. The molecule has 0 amide bonds. The molecular weight excluding hydrogens is 425 g/mol. The lowest BCUT2D eigenvalue weighted by molar-refractivity contribution is -0.633. The van der Waals surface area contributed by atoms with E-state index in [2.05, 4.69) is 83.0 Å². The quantitative estimate of drug-likeness (QED) is 0.398. The lowest BCUT2D eigenvalue weighted by atomic mass is 10.0. The Bertz CT molecular complexity index is 768. The Kier molecular flexibility index (Phi) is 4.81. The normalized spacial score (nSPS) is 10.3. The second kappa shape index (κ2) is 6.22. The van der Waals surface area contributed by atoms with Crippen LogP contribution in [0.5, 0.6) is 0 Å². The maximum Gasteiger partial charge on any atom is 0.216 e. The average molecular weight is 440 g/mol. The van der Waals surface area contributed by atoms with Crippen LogP contribution in [0.4, 0.5) is 0 Å². The van der Waals surface area contributed by atoms with Gasteiger partial charge >= 0.3 is 0 Å². The molecule has 0 aliphatic heterocycles. The molecule has 0 saturated heterocycles. The van der Waals surface area contributed by atoms with Gasteiger partial charge in [-0.25, -0.2) is 0 Å². The van der Waals surface area contributed by atoms with Crippen molar-refractivity contribution in [3.63, 3.8) is 0 Å². The molecule has 0 radical (unpaired) electrons. The first-order chi connectivity index (χ1) is 9.18. The summed E-state index contributed by atoms with van der Waals surface area (Å²) in [5.41, 5.74) is 5.02. The van der Waals surface area contributed by atoms with E-state index >= 15 is 0 Å². The Morgan fingerprint density at radius 3 is 2.35 bits per heavy atom. The molecule has 3 rings (SSSR count). The predicted molar refractivity (Wildman–Crippen MR) is 83.0 cm³/mol. The van der Waals surface area contributed by atoms with Crippen molar-refractivity contribution >= 4 is 26.8 Å². The van der Waals surface area contributed by atoms with E-state index in [9.17, 15) is 0 Å². The third-order valence-corrected chi connectivity index (χ3v) is 4.20. The summed E-state index contributed by atoms with van der Waals surface area (Å²) in [6.07, 6.45) is 0. The molecule has 1 aromatic heterocycles. The smallest absolute Gasteiger partial charge is 0.216 e. The van der Waals surface area contributed by atoms with Crippen molar-refractivity contribution in [3.05, 3.63) is 64.6 Å². The van der Waals surface area contributed by atoms with E-state index in [0.29, 0.717) is 0 Å². The summed E-state index contributed by atoms with van der Waals surface area (Å²) in [4.78, 5) is 0. The number of rotatable bonds is 1. The standard InChI is InChI=1S/C17H15BrN.HI/c1-12-11-13-7-3-6-10-16(13)19(2)17(12)14-8-4-5-9-15(14)18;/h3-11H,1-2H3;1H/q+1;/p-1. The summed E-state index contributed by atoms with van der Waals surface area (Å²) < 4.78 is 3.40. The van der Waals surface area contributed by atoms with Crippen molar-refractivity contribution in [3.8, 4) is 11.3 Å². The molecule has 3 aromatic rings. The largest absolute Gasteiger partial charge is 1.00 e. The molecule has 0 bridgehead atoms. The van der Waals surface area contributed by atoms with Gasteiger partial charge < -0.3 is 24.0 Å². The zero-order chi connectivity index (χ0) is 13.4. The monoisotopic (exact) mass is 439 g/mol. The van der Waals surface area contributed by atoms with Gasteiger partial charge in [-0.15, -0.1) is 0 Å². The Labute approximate surface area is 144 Å². The van der Waals surface area contributed by atoms with Crippen LogP contribution in [-0.2, 0) is 7.05 Å². The Hall–Kier alpha value is -0.940. The second-order valence-electron chi connectivity index (χ2n) is 4.77. The van der Waals surface area contributed by atoms with Crippen LogP contribution in [0, 0.1) is 6.92 Å². The number of fused-ring (bicyclic) bond motifs is 1. The summed E-state index contributed by atoms with van der Waals surface area (Å²) in [6, 6.07) is 19.1. The Morgan fingerprint density at radius 1 is 0.950 bits per heavy atom. The van der Waals surface area contributed by atoms with Crippen molar-refractivity contribution in [2.75, 3.05) is 0 Å². The summed E-state index contributed by atoms with van der Waals surface area (Å²) >= 11 is 3.65. The van der Waals surface area contributed by atoms with Crippen molar-refractivity contribution in [1.29, 1.82) is 0 Å². The van der Waals surface area contributed by atoms with Crippen molar-refractivity contribution in [2.24, 2.45) is 7.05 Å². The number of aromatic nitrogens is 1. The zero-order valence-corrected chi connectivity index (χ0v) is 15.1. The van der Waals surface area contributed by atoms with Crippen LogP contribution in [0.3, 0.4) is 0 Å².